The molecule has 2 rings (SSSR count). The molecule has 0 fully saturated rings. The second-order valence-corrected chi connectivity index (χ2v) is 3.38. The monoisotopic (exact) mass is 221 g/mol. The van der Waals surface area contributed by atoms with Crippen LogP contribution in [0.2, 0.25) is 5.02 Å². The fourth-order valence-electron chi connectivity index (χ4n) is 1.23. The standard InChI is InChI=1S/C10H8ClN3O/c11-8-6-14(13-9(8)10(12)15)7-4-2-1-3-5-7/h1-6H,(H2,12,15). The largest absolute Gasteiger partial charge is 0.364 e. The highest BCUT2D eigenvalue weighted by molar-refractivity contribution is 6.33. The Bertz CT molecular complexity index is 493. The van der Waals surface area contributed by atoms with Gasteiger partial charge >= 0.3 is 0 Å². The van der Waals surface area contributed by atoms with Gasteiger partial charge in [-0.2, -0.15) is 5.10 Å². The normalized spacial score (nSPS) is 10.2. The van der Waals surface area contributed by atoms with Crippen molar-refractivity contribution < 1.29 is 4.79 Å². The topological polar surface area (TPSA) is 60.9 Å². The smallest absolute Gasteiger partial charge is 0.270 e. The number of para-hydroxylation sites is 1. The Hall–Kier alpha value is -1.81. The molecule has 0 saturated carbocycles. The van der Waals surface area contributed by atoms with Gasteiger partial charge in [0.15, 0.2) is 5.69 Å². The van der Waals surface area contributed by atoms with Crippen LogP contribution >= 0.6 is 11.6 Å². The van der Waals surface area contributed by atoms with E-state index in [0.29, 0.717) is 0 Å². The molecule has 0 saturated heterocycles. The predicted molar refractivity (Wildman–Crippen MR) is 57.1 cm³/mol. The molecule has 2 aromatic rings. The lowest BCUT2D eigenvalue weighted by atomic mass is 10.3. The van der Waals surface area contributed by atoms with Crippen molar-refractivity contribution in [3.8, 4) is 5.69 Å². The van der Waals surface area contributed by atoms with Gasteiger partial charge in [-0.25, -0.2) is 4.68 Å². The van der Waals surface area contributed by atoms with E-state index in [2.05, 4.69) is 5.10 Å². The molecule has 0 spiro atoms. The zero-order valence-corrected chi connectivity index (χ0v) is 8.48. The Morgan fingerprint density at radius 1 is 1.33 bits per heavy atom. The zero-order valence-electron chi connectivity index (χ0n) is 7.72. The van der Waals surface area contributed by atoms with Gasteiger partial charge in [-0.05, 0) is 12.1 Å². The van der Waals surface area contributed by atoms with Crippen molar-refractivity contribution in [1.82, 2.24) is 9.78 Å². The van der Waals surface area contributed by atoms with Crippen LogP contribution in [0.25, 0.3) is 5.69 Å². The Labute approximate surface area is 91.3 Å². The zero-order chi connectivity index (χ0) is 10.8. The van der Waals surface area contributed by atoms with Gasteiger partial charge in [0.2, 0.25) is 0 Å². The van der Waals surface area contributed by atoms with Gasteiger partial charge in [0, 0.05) is 0 Å². The summed E-state index contributed by atoms with van der Waals surface area (Å²) in [5.41, 5.74) is 6.02. The summed E-state index contributed by atoms with van der Waals surface area (Å²) in [5.74, 6) is -0.630. The number of hydrogen-bond acceptors (Lipinski definition) is 2. The summed E-state index contributed by atoms with van der Waals surface area (Å²) in [5, 5.41) is 4.25. The van der Waals surface area contributed by atoms with E-state index in [4.69, 9.17) is 17.3 Å². The third-order valence-corrected chi connectivity index (χ3v) is 2.20. The number of nitrogens with zero attached hydrogens (tertiary/aromatic N) is 2. The van der Waals surface area contributed by atoms with Crippen molar-refractivity contribution in [1.29, 1.82) is 0 Å². The second kappa shape index (κ2) is 3.74. The van der Waals surface area contributed by atoms with Crippen LogP contribution in [0, 0.1) is 0 Å². The Kier molecular flexibility index (Phi) is 2.43. The van der Waals surface area contributed by atoms with E-state index in [0.717, 1.165) is 5.69 Å². The molecule has 1 heterocycles. The second-order valence-electron chi connectivity index (χ2n) is 2.97. The van der Waals surface area contributed by atoms with Gasteiger partial charge in [0.05, 0.1) is 16.9 Å². The highest BCUT2D eigenvalue weighted by Gasteiger charge is 2.12. The summed E-state index contributed by atoms with van der Waals surface area (Å²) in [6.07, 6.45) is 1.55. The maximum atomic E-state index is 10.9. The summed E-state index contributed by atoms with van der Waals surface area (Å²) in [6.45, 7) is 0. The number of amides is 1. The van der Waals surface area contributed by atoms with Gasteiger partial charge in [-0.15, -0.1) is 0 Å². The van der Waals surface area contributed by atoms with Crippen molar-refractivity contribution in [3.63, 3.8) is 0 Å². The van der Waals surface area contributed by atoms with Gasteiger partial charge < -0.3 is 5.73 Å². The lowest BCUT2D eigenvalue weighted by Crippen LogP contribution is -2.12. The summed E-state index contributed by atoms with van der Waals surface area (Å²) in [7, 11) is 0. The molecule has 0 aliphatic rings. The quantitative estimate of drug-likeness (QED) is 0.838. The SMILES string of the molecule is NC(=O)c1nn(-c2ccccc2)cc1Cl. The van der Waals surface area contributed by atoms with E-state index >= 15 is 0 Å². The van der Waals surface area contributed by atoms with Crippen molar-refractivity contribution in [3.05, 3.63) is 47.2 Å². The molecule has 0 radical (unpaired) electrons. The Morgan fingerprint density at radius 2 is 2.00 bits per heavy atom. The molecule has 15 heavy (non-hydrogen) atoms. The summed E-state index contributed by atoms with van der Waals surface area (Å²) in [6, 6.07) is 9.34. The highest BCUT2D eigenvalue weighted by Crippen LogP contribution is 2.16. The third-order valence-electron chi connectivity index (χ3n) is 1.92. The predicted octanol–water partition coefficient (Wildman–Crippen LogP) is 1.62. The van der Waals surface area contributed by atoms with Crippen LogP contribution in [0.15, 0.2) is 36.5 Å². The van der Waals surface area contributed by atoms with Crippen molar-refractivity contribution in [2.24, 2.45) is 5.73 Å². The average Bonchev–Trinajstić information content (AvgIpc) is 2.62. The fourth-order valence-corrected chi connectivity index (χ4v) is 1.46. The van der Waals surface area contributed by atoms with Gasteiger partial charge in [-0.1, -0.05) is 29.8 Å². The lowest BCUT2D eigenvalue weighted by Gasteiger charge is -1.98. The van der Waals surface area contributed by atoms with Crippen LogP contribution in [0.3, 0.4) is 0 Å². The van der Waals surface area contributed by atoms with Gasteiger partial charge in [0.1, 0.15) is 0 Å². The Morgan fingerprint density at radius 3 is 2.53 bits per heavy atom. The first-order valence-electron chi connectivity index (χ1n) is 4.29. The maximum Gasteiger partial charge on any atom is 0.270 e. The first kappa shape index (κ1) is 9.73. The number of rotatable bonds is 2. The minimum Gasteiger partial charge on any atom is -0.364 e. The van der Waals surface area contributed by atoms with Crippen molar-refractivity contribution >= 4 is 17.5 Å². The molecule has 0 atom stereocenters. The molecule has 0 bridgehead atoms. The van der Waals surface area contributed by atoms with Crippen LogP contribution in [-0.4, -0.2) is 15.7 Å². The lowest BCUT2D eigenvalue weighted by molar-refractivity contribution is 0.0995. The minimum absolute atomic E-state index is 0.0838. The molecule has 0 aliphatic carbocycles. The van der Waals surface area contributed by atoms with Crippen LogP contribution in [0.4, 0.5) is 0 Å². The molecule has 0 unspecified atom stereocenters. The first-order chi connectivity index (χ1) is 7.18. The van der Waals surface area contributed by atoms with Gasteiger partial charge in [-0.3, -0.25) is 4.79 Å². The number of hydrogen-bond donors (Lipinski definition) is 1. The number of primary amides is 1. The number of aromatic nitrogens is 2. The number of carbonyl (C=O) groups is 1. The summed E-state index contributed by atoms with van der Waals surface area (Å²) < 4.78 is 1.52. The molecule has 76 valence electrons. The summed E-state index contributed by atoms with van der Waals surface area (Å²) in [4.78, 5) is 10.9. The highest BCUT2D eigenvalue weighted by atomic mass is 35.5. The molecule has 1 aromatic carbocycles. The van der Waals surface area contributed by atoms with E-state index in [1.807, 2.05) is 30.3 Å². The van der Waals surface area contributed by atoms with Gasteiger partial charge in [0.25, 0.3) is 5.91 Å². The van der Waals surface area contributed by atoms with Crippen LogP contribution in [-0.2, 0) is 0 Å². The number of benzene rings is 1. The number of halogens is 1. The van der Waals surface area contributed by atoms with E-state index in [-0.39, 0.29) is 10.7 Å². The Balaban J connectivity index is 2.48. The fraction of sp³-hybridized carbons (Fsp3) is 0. The molecule has 5 heteroatoms. The van der Waals surface area contributed by atoms with Crippen molar-refractivity contribution in [2.75, 3.05) is 0 Å². The van der Waals surface area contributed by atoms with E-state index in [1.54, 1.807) is 6.20 Å². The molecule has 0 aliphatic heterocycles. The van der Waals surface area contributed by atoms with E-state index < -0.39 is 5.91 Å². The third kappa shape index (κ3) is 1.85. The molecule has 4 nitrogen and oxygen atoms in total. The maximum absolute atomic E-state index is 10.9. The van der Waals surface area contributed by atoms with Crippen molar-refractivity contribution in [2.45, 2.75) is 0 Å². The first-order valence-corrected chi connectivity index (χ1v) is 4.66. The minimum atomic E-state index is -0.630. The molecule has 1 amide bonds. The molecule has 2 N–H and O–H groups in total. The van der Waals surface area contributed by atoms with E-state index in [9.17, 15) is 4.79 Å². The molecular formula is C10H8ClN3O. The number of nitrogens with two attached hydrogens (primary N) is 1. The summed E-state index contributed by atoms with van der Waals surface area (Å²) >= 11 is 5.81. The molecule has 1 aromatic heterocycles. The van der Waals surface area contributed by atoms with Crippen LogP contribution in [0.5, 0.6) is 0 Å². The van der Waals surface area contributed by atoms with E-state index in [1.165, 1.54) is 4.68 Å². The average molecular weight is 222 g/mol. The van der Waals surface area contributed by atoms with Crippen LogP contribution in [0.1, 0.15) is 10.5 Å². The molecular weight excluding hydrogens is 214 g/mol. The number of carbonyl (C=O) groups excluding carboxylic acids is 1. The van der Waals surface area contributed by atoms with Crippen LogP contribution < -0.4 is 5.73 Å².